The summed E-state index contributed by atoms with van der Waals surface area (Å²) in [4.78, 5) is 2.32. The van der Waals surface area contributed by atoms with Crippen molar-refractivity contribution in [1.29, 1.82) is 0 Å². The van der Waals surface area contributed by atoms with Crippen molar-refractivity contribution in [3.8, 4) is 44.5 Å². The summed E-state index contributed by atoms with van der Waals surface area (Å²) in [6.45, 7) is 0. The second-order valence-corrected chi connectivity index (χ2v) is 12.6. The Labute approximate surface area is 292 Å². The normalized spacial score (nSPS) is 11.2. The molecule has 0 fully saturated rings. The van der Waals surface area contributed by atoms with Crippen molar-refractivity contribution in [2.75, 3.05) is 4.90 Å². The largest absolute Gasteiger partial charge is 0.456 e. The van der Waals surface area contributed by atoms with Gasteiger partial charge in [0.05, 0.1) is 0 Å². The Morgan fingerprint density at radius 3 is 1.56 bits per heavy atom. The van der Waals surface area contributed by atoms with E-state index in [0.29, 0.717) is 0 Å². The van der Waals surface area contributed by atoms with E-state index in [1.54, 1.807) is 0 Å². The molecule has 0 unspecified atom stereocenters. The van der Waals surface area contributed by atoms with E-state index in [1.165, 1.54) is 38.9 Å². The fourth-order valence-corrected chi connectivity index (χ4v) is 7.03. The Morgan fingerprint density at radius 2 is 0.800 bits per heavy atom. The molecular weight excluding hydrogens is 607 g/mol. The number of furan rings is 1. The van der Waals surface area contributed by atoms with Gasteiger partial charge in [-0.3, -0.25) is 0 Å². The van der Waals surface area contributed by atoms with Gasteiger partial charge >= 0.3 is 0 Å². The van der Waals surface area contributed by atoms with E-state index in [0.717, 1.165) is 44.6 Å². The summed E-state index contributed by atoms with van der Waals surface area (Å²) in [7, 11) is 0. The minimum Gasteiger partial charge on any atom is -0.456 e. The molecule has 0 bridgehead atoms. The second-order valence-electron chi connectivity index (χ2n) is 12.6. The fourth-order valence-electron chi connectivity index (χ4n) is 7.03. The van der Waals surface area contributed by atoms with Crippen molar-refractivity contribution in [2.24, 2.45) is 0 Å². The smallest absolute Gasteiger partial charge is 0.137 e. The van der Waals surface area contributed by atoms with E-state index in [2.05, 4.69) is 193 Å². The quantitative estimate of drug-likeness (QED) is 0.173. The standard InChI is InChI=1S/C48H33NO/c1-3-13-34(14-4-1)37-17-11-18-38(31-37)35-25-27-40(28-26-35)49(42-29-30-46-45-23-9-10-24-47(45)50-48(46)33-42)41-20-12-19-39(32-41)44-22-8-7-21-43(44)36-15-5-2-6-16-36/h1-33H. The Morgan fingerprint density at radius 1 is 0.280 bits per heavy atom. The highest BCUT2D eigenvalue weighted by atomic mass is 16.3. The van der Waals surface area contributed by atoms with Gasteiger partial charge in [-0.25, -0.2) is 0 Å². The number of para-hydroxylation sites is 1. The lowest BCUT2D eigenvalue weighted by atomic mass is 9.94. The van der Waals surface area contributed by atoms with E-state index in [1.807, 2.05) is 12.1 Å². The van der Waals surface area contributed by atoms with E-state index in [9.17, 15) is 0 Å². The topological polar surface area (TPSA) is 16.4 Å². The molecule has 0 aliphatic rings. The first-order valence-corrected chi connectivity index (χ1v) is 17.0. The van der Waals surface area contributed by atoms with Gasteiger partial charge in [0, 0.05) is 33.9 Å². The van der Waals surface area contributed by atoms with E-state index in [4.69, 9.17) is 4.42 Å². The SMILES string of the molecule is c1ccc(-c2cccc(-c3ccc(N(c4cccc(-c5ccccc5-c5ccccc5)c4)c4ccc5c(c4)oc4ccccc45)cc3)c2)cc1. The predicted molar refractivity (Wildman–Crippen MR) is 210 cm³/mol. The van der Waals surface area contributed by atoms with Crippen molar-refractivity contribution < 1.29 is 4.42 Å². The van der Waals surface area contributed by atoms with E-state index < -0.39 is 0 Å². The molecule has 0 saturated carbocycles. The molecule has 0 N–H and O–H groups in total. The summed E-state index contributed by atoms with van der Waals surface area (Å²) in [5.41, 5.74) is 14.5. The third kappa shape index (κ3) is 5.53. The molecule has 2 nitrogen and oxygen atoms in total. The molecule has 2 heteroatoms. The molecule has 0 radical (unpaired) electrons. The molecule has 1 aromatic heterocycles. The number of anilines is 3. The maximum Gasteiger partial charge on any atom is 0.137 e. The van der Waals surface area contributed by atoms with Crippen molar-refractivity contribution in [3.05, 3.63) is 200 Å². The molecule has 0 atom stereocenters. The molecule has 0 aliphatic heterocycles. The number of hydrogen-bond acceptors (Lipinski definition) is 2. The molecule has 0 spiro atoms. The zero-order valence-electron chi connectivity index (χ0n) is 27.4. The zero-order chi connectivity index (χ0) is 33.3. The molecule has 9 rings (SSSR count). The monoisotopic (exact) mass is 639 g/mol. The zero-order valence-corrected chi connectivity index (χ0v) is 27.4. The molecular formula is C48H33NO. The van der Waals surface area contributed by atoms with Crippen LogP contribution in [0, 0.1) is 0 Å². The average molecular weight is 640 g/mol. The van der Waals surface area contributed by atoms with E-state index >= 15 is 0 Å². The number of hydrogen-bond donors (Lipinski definition) is 0. The second kappa shape index (κ2) is 12.8. The Hall–Kier alpha value is -6.64. The van der Waals surface area contributed by atoms with Crippen LogP contribution in [-0.4, -0.2) is 0 Å². The van der Waals surface area contributed by atoms with Crippen LogP contribution in [0.4, 0.5) is 17.1 Å². The third-order valence-corrected chi connectivity index (χ3v) is 9.48. The first-order valence-electron chi connectivity index (χ1n) is 17.0. The van der Waals surface area contributed by atoms with Gasteiger partial charge < -0.3 is 9.32 Å². The molecule has 0 saturated heterocycles. The van der Waals surface area contributed by atoms with Crippen LogP contribution < -0.4 is 4.90 Å². The van der Waals surface area contributed by atoms with Gasteiger partial charge in [0.2, 0.25) is 0 Å². The minimum atomic E-state index is 0.869. The van der Waals surface area contributed by atoms with Gasteiger partial charge in [-0.1, -0.05) is 146 Å². The van der Waals surface area contributed by atoms with E-state index in [-0.39, 0.29) is 0 Å². The van der Waals surface area contributed by atoms with Crippen LogP contribution in [0.2, 0.25) is 0 Å². The summed E-state index contributed by atoms with van der Waals surface area (Å²) >= 11 is 0. The summed E-state index contributed by atoms with van der Waals surface area (Å²) < 4.78 is 6.37. The lowest BCUT2D eigenvalue weighted by Gasteiger charge is -2.26. The molecule has 0 aliphatic carbocycles. The predicted octanol–water partition coefficient (Wildman–Crippen LogP) is 13.7. The van der Waals surface area contributed by atoms with Crippen molar-refractivity contribution in [2.45, 2.75) is 0 Å². The summed E-state index contributed by atoms with van der Waals surface area (Å²) in [5, 5.41) is 2.24. The molecule has 0 amide bonds. The fraction of sp³-hybridized carbons (Fsp3) is 0. The van der Waals surface area contributed by atoms with Gasteiger partial charge in [-0.15, -0.1) is 0 Å². The molecule has 8 aromatic carbocycles. The van der Waals surface area contributed by atoms with Crippen LogP contribution in [0.3, 0.4) is 0 Å². The first kappa shape index (κ1) is 29.5. The van der Waals surface area contributed by atoms with Gasteiger partial charge in [-0.2, -0.15) is 0 Å². The Balaban J connectivity index is 1.16. The van der Waals surface area contributed by atoms with Gasteiger partial charge in [0.15, 0.2) is 0 Å². The molecule has 9 aromatic rings. The number of fused-ring (bicyclic) bond motifs is 3. The van der Waals surface area contributed by atoms with Crippen LogP contribution >= 0.6 is 0 Å². The average Bonchev–Trinajstić information content (AvgIpc) is 3.57. The van der Waals surface area contributed by atoms with Crippen LogP contribution in [0.15, 0.2) is 205 Å². The summed E-state index contributed by atoms with van der Waals surface area (Å²) in [6.07, 6.45) is 0. The minimum absolute atomic E-state index is 0.869. The van der Waals surface area contributed by atoms with Gasteiger partial charge in [0.1, 0.15) is 11.2 Å². The maximum absolute atomic E-state index is 6.37. The van der Waals surface area contributed by atoms with Crippen molar-refractivity contribution >= 4 is 39.0 Å². The number of benzene rings is 8. The molecule has 236 valence electrons. The Bertz CT molecular complexity index is 2580. The van der Waals surface area contributed by atoms with Crippen molar-refractivity contribution in [1.82, 2.24) is 0 Å². The van der Waals surface area contributed by atoms with Crippen LogP contribution in [0.5, 0.6) is 0 Å². The van der Waals surface area contributed by atoms with Crippen molar-refractivity contribution in [3.63, 3.8) is 0 Å². The van der Waals surface area contributed by atoms with Gasteiger partial charge in [0.25, 0.3) is 0 Å². The highest BCUT2D eigenvalue weighted by molar-refractivity contribution is 6.06. The highest BCUT2D eigenvalue weighted by Gasteiger charge is 2.17. The third-order valence-electron chi connectivity index (χ3n) is 9.48. The first-order chi connectivity index (χ1) is 24.8. The maximum atomic E-state index is 6.37. The van der Waals surface area contributed by atoms with Gasteiger partial charge in [-0.05, 0) is 93.0 Å². The summed E-state index contributed by atoms with van der Waals surface area (Å²) in [5.74, 6) is 0. The Kier molecular flexibility index (Phi) is 7.53. The highest BCUT2D eigenvalue weighted by Crippen LogP contribution is 2.41. The summed E-state index contributed by atoms with van der Waals surface area (Å²) in [6, 6.07) is 71.1. The number of rotatable bonds is 7. The molecule has 1 heterocycles. The van der Waals surface area contributed by atoms with Crippen LogP contribution in [-0.2, 0) is 0 Å². The lowest BCUT2D eigenvalue weighted by molar-refractivity contribution is 0.669. The molecule has 50 heavy (non-hydrogen) atoms. The lowest BCUT2D eigenvalue weighted by Crippen LogP contribution is -2.10. The van der Waals surface area contributed by atoms with Crippen LogP contribution in [0.25, 0.3) is 66.4 Å². The number of nitrogens with zero attached hydrogens (tertiary/aromatic N) is 1. The van der Waals surface area contributed by atoms with Crippen LogP contribution in [0.1, 0.15) is 0 Å².